The number of ether oxygens (including phenoxy) is 1. The Morgan fingerprint density at radius 2 is 1.85 bits per heavy atom. The monoisotopic (exact) mass is 369 g/mol. The maximum Gasteiger partial charge on any atom is 0.410 e. The fourth-order valence-electron chi connectivity index (χ4n) is 4.53. The van der Waals surface area contributed by atoms with E-state index in [9.17, 15) is 9.59 Å². The fourth-order valence-corrected chi connectivity index (χ4v) is 4.53. The van der Waals surface area contributed by atoms with Crippen molar-refractivity contribution >= 4 is 17.5 Å². The molecule has 4 heterocycles. The number of hydrogen-bond acceptors (Lipinski definition) is 4. The molecule has 27 heavy (non-hydrogen) atoms. The first-order valence-corrected chi connectivity index (χ1v) is 9.81. The van der Waals surface area contributed by atoms with Crippen molar-refractivity contribution in [3.8, 4) is 0 Å². The van der Waals surface area contributed by atoms with E-state index >= 15 is 0 Å². The minimum absolute atomic E-state index is 0.0703. The first-order chi connectivity index (χ1) is 12.8. The number of aromatic nitrogens is 2. The molecule has 4 rings (SSSR count). The van der Waals surface area contributed by atoms with Crippen molar-refractivity contribution in [3.05, 3.63) is 36.3 Å². The van der Waals surface area contributed by atoms with E-state index in [1.807, 2.05) is 54.5 Å². The standard InChI is InChI=1S/C21H27N3O3/c1-21(2,3)27-20(26)24-15-7-6-8-16(24)12-14(11-15)19(25)17-13-22-18-9-4-5-10-23(17)18/h4-5,9-10,13-16H,6-8,11-12H2,1-3H3. The van der Waals surface area contributed by atoms with E-state index < -0.39 is 5.60 Å². The minimum Gasteiger partial charge on any atom is -0.444 e. The third-order valence-electron chi connectivity index (χ3n) is 5.62. The van der Waals surface area contributed by atoms with Crippen molar-refractivity contribution in [2.45, 2.75) is 70.6 Å². The van der Waals surface area contributed by atoms with Crippen LogP contribution in [0.2, 0.25) is 0 Å². The van der Waals surface area contributed by atoms with Crippen LogP contribution in [0.1, 0.15) is 63.4 Å². The molecule has 2 aliphatic rings. The molecule has 0 N–H and O–H groups in total. The molecule has 2 unspecified atom stereocenters. The Labute approximate surface area is 159 Å². The summed E-state index contributed by atoms with van der Waals surface area (Å²) in [5.74, 6) is 0.0635. The summed E-state index contributed by atoms with van der Waals surface area (Å²) in [4.78, 5) is 32.2. The Kier molecular flexibility index (Phi) is 4.44. The Morgan fingerprint density at radius 3 is 2.52 bits per heavy atom. The highest BCUT2D eigenvalue weighted by Gasteiger charge is 2.44. The zero-order valence-corrected chi connectivity index (χ0v) is 16.2. The minimum atomic E-state index is -0.505. The third kappa shape index (κ3) is 3.45. The molecule has 2 aromatic rings. The second kappa shape index (κ2) is 6.66. The van der Waals surface area contributed by atoms with E-state index in [1.54, 1.807) is 6.20 Å². The molecule has 0 radical (unpaired) electrons. The Hall–Kier alpha value is -2.37. The van der Waals surface area contributed by atoms with Crippen LogP contribution in [0.3, 0.4) is 0 Å². The van der Waals surface area contributed by atoms with Crippen LogP contribution in [0.5, 0.6) is 0 Å². The predicted octanol–water partition coefficient (Wildman–Crippen LogP) is 4.09. The molecule has 2 fully saturated rings. The molecule has 2 aliphatic heterocycles. The van der Waals surface area contributed by atoms with Crippen LogP contribution in [-0.4, -0.2) is 43.8 Å². The number of hydrogen-bond donors (Lipinski definition) is 0. The predicted molar refractivity (Wildman–Crippen MR) is 102 cm³/mol. The van der Waals surface area contributed by atoms with Crippen molar-refractivity contribution in [2.24, 2.45) is 5.92 Å². The quantitative estimate of drug-likeness (QED) is 0.748. The fraction of sp³-hybridized carbons (Fsp3) is 0.571. The van der Waals surface area contributed by atoms with Gasteiger partial charge in [0.25, 0.3) is 0 Å². The number of Topliss-reactive ketones (excluding diaryl/α,β-unsaturated/α-hetero) is 1. The highest BCUT2D eigenvalue weighted by atomic mass is 16.6. The zero-order valence-electron chi connectivity index (χ0n) is 16.2. The van der Waals surface area contributed by atoms with Crippen molar-refractivity contribution in [3.63, 3.8) is 0 Å². The topological polar surface area (TPSA) is 63.9 Å². The van der Waals surface area contributed by atoms with Gasteiger partial charge in [0.05, 0.1) is 6.20 Å². The molecule has 0 aromatic carbocycles. The van der Waals surface area contributed by atoms with Gasteiger partial charge in [-0.05, 0) is 65.0 Å². The lowest BCUT2D eigenvalue weighted by atomic mass is 9.76. The highest BCUT2D eigenvalue weighted by Crippen LogP contribution is 2.39. The van der Waals surface area contributed by atoms with E-state index in [0.29, 0.717) is 18.5 Å². The number of nitrogens with zero attached hydrogens (tertiary/aromatic N) is 3. The first-order valence-electron chi connectivity index (χ1n) is 9.81. The number of carbonyl (C=O) groups is 2. The van der Waals surface area contributed by atoms with Crippen molar-refractivity contribution in [1.82, 2.24) is 14.3 Å². The lowest BCUT2D eigenvalue weighted by Gasteiger charge is -2.48. The van der Waals surface area contributed by atoms with Gasteiger partial charge in [0.1, 0.15) is 16.9 Å². The lowest BCUT2D eigenvalue weighted by Crippen LogP contribution is -2.56. The number of fused-ring (bicyclic) bond motifs is 3. The summed E-state index contributed by atoms with van der Waals surface area (Å²) < 4.78 is 7.49. The van der Waals surface area contributed by atoms with E-state index in [1.165, 1.54) is 0 Å². The second-order valence-corrected chi connectivity index (χ2v) is 8.73. The van der Waals surface area contributed by atoms with Gasteiger partial charge in [0, 0.05) is 24.2 Å². The molecule has 6 nitrogen and oxygen atoms in total. The number of carbonyl (C=O) groups excluding carboxylic acids is 2. The molecule has 2 atom stereocenters. The van der Waals surface area contributed by atoms with Crippen molar-refractivity contribution < 1.29 is 14.3 Å². The second-order valence-electron chi connectivity index (χ2n) is 8.73. The molecule has 0 saturated carbocycles. The number of ketones is 1. The van der Waals surface area contributed by atoms with Crippen LogP contribution < -0.4 is 0 Å². The van der Waals surface area contributed by atoms with Crippen LogP contribution in [0.4, 0.5) is 4.79 Å². The summed E-state index contributed by atoms with van der Waals surface area (Å²) >= 11 is 0. The van der Waals surface area contributed by atoms with E-state index in [0.717, 1.165) is 24.9 Å². The highest BCUT2D eigenvalue weighted by molar-refractivity contribution is 5.97. The summed E-state index contributed by atoms with van der Waals surface area (Å²) in [6.07, 6.45) is 7.70. The first kappa shape index (κ1) is 18.0. The van der Waals surface area contributed by atoms with Gasteiger partial charge >= 0.3 is 6.09 Å². The molecular weight excluding hydrogens is 342 g/mol. The zero-order chi connectivity index (χ0) is 19.2. The largest absolute Gasteiger partial charge is 0.444 e. The Bertz CT molecular complexity index is 853. The molecule has 144 valence electrons. The van der Waals surface area contributed by atoms with E-state index in [-0.39, 0.29) is 29.9 Å². The van der Waals surface area contributed by atoms with Gasteiger partial charge in [0.15, 0.2) is 5.78 Å². The SMILES string of the molecule is CC(C)(C)OC(=O)N1C2CCCC1CC(C(=O)c1cnc3ccccn13)C2. The van der Waals surface area contributed by atoms with Crippen LogP contribution in [0, 0.1) is 5.92 Å². The van der Waals surface area contributed by atoms with Crippen LogP contribution in [0.15, 0.2) is 30.6 Å². The van der Waals surface area contributed by atoms with E-state index in [4.69, 9.17) is 4.74 Å². The Balaban J connectivity index is 1.54. The van der Waals surface area contributed by atoms with Gasteiger partial charge in [0.2, 0.25) is 0 Å². The summed E-state index contributed by atoms with van der Waals surface area (Å²) in [5.41, 5.74) is 0.917. The van der Waals surface area contributed by atoms with Crippen LogP contribution >= 0.6 is 0 Å². The number of piperidine rings is 2. The molecule has 2 saturated heterocycles. The number of rotatable bonds is 2. The van der Waals surface area contributed by atoms with Gasteiger partial charge in [-0.3, -0.25) is 9.20 Å². The van der Waals surface area contributed by atoms with E-state index in [2.05, 4.69) is 4.98 Å². The average molecular weight is 369 g/mol. The van der Waals surface area contributed by atoms with Gasteiger partial charge < -0.3 is 9.64 Å². The van der Waals surface area contributed by atoms with Gasteiger partial charge in [-0.25, -0.2) is 9.78 Å². The van der Waals surface area contributed by atoms with Crippen molar-refractivity contribution in [2.75, 3.05) is 0 Å². The van der Waals surface area contributed by atoms with Gasteiger partial charge in [-0.1, -0.05) is 6.07 Å². The number of imidazole rings is 1. The molecule has 6 heteroatoms. The summed E-state index contributed by atoms with van der Waals surface area (Å²) in [6.45, 7) is 5.67. The average Bonchev–Trinajstić information content (AvgIpc) is 3.02. The maximum absolute atomic E-state index is 13.2. The smallest absolute Gasteiger partial charge is 0.410 e. The lowest BCUT2D eigenvalue weighted by molar-refractivity contribution is -0.0261. The normalized spacial score (nSPS) is 25.4. The summed E-state index contributed by atoms with van der Waals surface area (Å²) in [5, 5.41) is 0. The molecule has 0 spiro atoms. The van der Waals surface area contributed by atoms with Crippen LogP contribution in [-0.2, 0) is 4.74 Å². The molecule has 2 bridgehead atoms. The molecule has 2 aromatic heterocycles. The van der Waals surface area contributed by atoms with Crippen molar-refractivity contribution in [1.29, 1.82) is 0 Å². The Morgan fingerprint density at radius 1 is 1.15 bits per heavy atom. The molecular formula is C21H27N3O3. The number of pyridine rings is 1. The maximum atomic E-state index is 13.2. The molecule has 0 aliphatic carbocycles. The summed E-state index contributed by atoms with van der Waals surface area (Å²) in [7, 11) is 0. The number of amides is 1. The van der Waals surface area contributed by atoms with Crippen LogP contribution in [0.25, 0.3) is 5.65 Å². The third-order valence-corrected chi connectivity index (χ3v) is 5.62. The van der Waals surface area contributed by atoms with Gasteiger partial charge in [-0.2, -0.15) is 0 Å². The summed E-state index contributed by atoms with van der Waals surface area (Å²) in [6, 6.07) is 5.89. The molecule has 1 amide bonds. The van der Waals surface area contributed by atoms with Gasteiger partial charge in [-0.15, -0.1) is 0 Å².